The molecule has 0 aromatic heterocycles. The molecular formula is C30H43N3O4. The van der Waals surface area contributed by atoms with Crippen molar-refractivity contribution >= 4 is 12.1 Å². The zero-order valence-corrected chi connectivity index (χ0v) is 22.5. The van der Waals surface area contributed by atoms with Gasteiger partial charge in [-0.05, 0) is 57.1 Å². The van der Waals surface area contributed by atoms with Crippen molar-refractivity contribution in [3.05, 3.63) is 71.8 Å². The number of alkyl carbamates (subject to hydrolysis) is 1. The number of carbonyl (C=O) groups is 2. The van der Waals surface area contributed by atoms with Crippen molar-refractivity contribution in [2.45, 2.75) is 83.6 Å². The Morgan fingerprint density at radius 3 is 2.16 bits per heavy atom. The average Bonchev–Trinajstić information content (AvgIpc) is 2.87. The molecule has 1 aliphatic rings. The van der Waals surface area contributed by atoms with Gasteiger partial charge in [-0.3, -0.25) is 0 Å². The lowest BCUT2D eigenvalue weighted by Crippen LogP contribution is -2.55. The molecule has 1 saturated carbocycles. The second kappa shape index (κ2) is 14.0. The van der Waals surface area contributed by atoms with Crippen molar-refractivity contribution in [1.29, 1.82) is 0 Å². The van der Waals surface area contributed by atoms with Gasteiger partial charge in [-0.2, -0.15) is 0 Å². The van der Waals surface area contributed by atoms with Crippen LogP contribution in [0.15, 0.2) is 60.7 Å². The van der Waals surface area contributed by atoms with Crippen LogP contribution in [0.5, 0.6) is 0 Å². The fraction of sp³-hybridized carbons (Fsp3) is 0.533. The molecule has 3 amide bonds. The Morgan fingerprint density at radius 2 is 1.57 bits per heavy atom. The molecule has 202 valence electrons. The number of urea groups is 1. The fourth-order valence-corrected chi connectivity index (χ4v) is 4.74. The number of amides is 3. The number of nitrogens with one attached hydrogen (secondary N) is 2. The molecule has 1 aliphatic carbocycles. The first kappa shape index (κ1) is 28.5. The summed E-state index contributed by atoms with van der Waals surface area (Å²) in [6.07, 6.45) is 4.61. The summed E-state index contributed by atoms with van der Waals surface area (Å²) in [5.41, 5.74) is 1.47. The Morgan fingerprint density at radius 1 is 0.973 bits per heavy atom. The normalized spacial score (nSPS) is 15.9. The Bertz CT molecular complexity index is 956. The van der Waals surface area contributed by atoms with E-state index in [1.54, 1.807) is 4.90 Å². The van der Waals surface area contributed by atoms with Crippen molar-refractivity contribution in [2.24, 2.45) is 5.92 Å². The quantitative estimate of drug-likeness (QED) is 0.407. The first-order valence-corrected chi connectivity index (χ1v) is 13.5. The highest BCUT2D eigenvalue weighted by molar-refractivity contribution is 5.75. The second-order valence-corrected chi connectivity index (χ2v) is 11.2. The minimum absolute atomic E-state index is 0.120. The number of ether oxygens (including phenoxy) is 1. The second-order valence-electron chi connectivity index (χ2n) is 11.2. The summed E-state index contributed by atoms with van der Waals surface area (Å²) >= 11 is 0. The number of carbonyl (C=O) groups excluding carboxylic acids is 2. The SMILES string of the molecule is CC(C)(C)NC(=O)N(CC1CCCCC1)C[C@@H](O)[C@H](Cc1ccccc1)NC(=O)OCc1ccccc1. The van der Waals surface area contributed by atoms with E-state index in [0.29, 0.717) is 18.9 Å². The van der Waals surface area contributed by atoms with E-state index in [-0.39, 0.29) is 19.2 Å². The molecule has 2 aromatic rings. The summed E-state index contributed by atoms with van der Waals surface area (Å²) in [5.74, 6) is 0.419. The number of aliphatic hydroxyl groups is 1. The first-order valence-electron chi connectivity index (χ1n) is 13.5. The van der Waals surface area contributed by atoms with Crippen molar-refractivity contribution in [3.8, 4) is 0 Å². The van der Waals surface area contributed by atoms with Crippen LogP contribution < -0.4 is 10.6 Å². The van der Waals surface area contributed by atoms with E-state index in [2.05, 4.69) is 10.6 Å². The lowest BCUT2D eigenvalue weighted by molar-refractivity contribution is 0.0716. The van der Waals surface area contributed by atoms with Gasteiger partial charge in [-0.25, -0.2) is 9.59 Å². The number of hydrogen-bond acceptors (Lipinski definition) is 4. The molecule has 7 nitrogen and oxygen atoms in total. The standard InChI is InChI=1S/C30H43N3O4/c1-30(2,3)32-28(35)33(20-24-15-9-5-10-16-24)21-27(34)26(19-23-13-7-4-8-14-23)31-29(36)37-22-25-17-11-6-12-18-25/h4,6-8,11-14,17-18,24,26-27,34H,5,9-10,15-16,19-22H2,1-3H3,(H,31,36)(H,32,35)/t26-,27+/m0/s1. The van der Waals surface area contributed by atoms with E-state index in [9.17, 15) is 14.7 Å². The maximum Gasteiger partial charge on any atom is 0.407 e. The molecule has 1 fully saturated rings. The Hall–Kier alpha value is -3.06. The monoisotopic (exact) mass is 509 g/mol. The van der Waals surface area contributed by atoms with E-state index in [1.807, 2.05) is 81.4 Å². The Kier molecular flexibility index (Phi) is 10.8. The minimum Gasteiger partial charge on any atom is -0.445 e. The van der Waals surface area contributed by atoms with Gasteiger partial charge in [-0.1, -0.05) is 79.9 Å². The molecule has 2 aromatic carbocycles. The van der Waals surface area contributed by atoms with Crippen LogP contribution in [0.25, 0.3) is 0 Å². The smallest absolute Gasteiger partial charge is 0.407 e. The van der Waals surface area contributed by atoms with Gasteiger partial charge in [0.2, 0.25) is 0 Å². The van der Waals surface area contributed by atoms with E-state index in [4.69, 9.17) is 4.74 Å². The molecule has 0 heterocycles. The van der Waals surface area contributed by atoms with Gasteiger partial charge < -0.3 is 25.4 Å². The minimum atomic E-state index is -0.973. The van der Waals surface area contributed by atoms with Crippen LogP contribution in [0, 0.1) is 5.92 Å². The number of aliphatic hydroxyl groups excluding tert-OH is 1. The van der Waals surface area contributed by atoms with Gasteiger partial charge in [0.05, 0.1) is 18.7 Å². The van der Waals surface area contributed by atoms with E-state index in [0.717, 1.165) is 24.0 Å². The summed E-state index contributed by atoms with van der Waals surface area (Å²) in [7, 11) is 0. The lowest BCUT2D eigenvalue weighted by atomic mass is 9.89. The van der Waals surface area contributed by atoms with Gasteiger partial charge >= 0.3 is 12.1 Å². The lowest BCUT2D eigenvalue weighted by Gasteiger charge is -2.35. The molecule has 7 heteroatoms. The predicted molar refractivity (Wildman–Crippen MR) is 146 cm³/mol. The molecule has 0 bridgehead atoms. The third-order valence-electron chi connectivity index (χ3n) is 6.66. The third-order valence-corrected chi connectivity index (χ3v) is 6.66. The summed E-state index contributed by atoms with van der Waals surface area (Å²) in [6, 6.07) is 18.4. The molecule has 2 atom stereocenters. The Labute approximate surface area is 221 Å². The highest BCUT2D eigenvalue weighted by Crippen LogP contribution is 2.25. The fourth-order valence-electron chi connectivity index (χ4n) is 4.74. The summed E-state index contributed by atoms with van der Waals surface area (Å²) in [5, 5.41) is 17.3. The summed E-state index contributed by atoms with van der Waals surface area (Å²) < 4.78 is 5.43. The van der Waals surface area contributed by atoms with Crippen molar-refractivity contribution in [3.63, 3.8) is 0 Å². The molecule has 3 N–H and O–H groups in total. The van der Waals surface area contributed by atoms with Crippen LogP contribution in [0.3, 0.4) is 0 Å². The Balaban J connectivity index is 1.70. The first-order chi connectivity index (χ1) is 17.7. The zero-order valence-electron chi connectivity index (χ0n) is 22.5. The third kappa shape index (κ3) is 10.4. The van der Waals surface area contributed by atoms with Crippen molar-refractivity contribution < 1.29 is 19.4 Å². The molecule has 0 spiro atoms. The van der Waals surface area contributed by atoms with Gasteiger partial charge in [0.15, 0.2) is 0 Å². The molecule has 3 rings (SSSR count). The van der Waals surface area contributed by atoms with Crippen LogP contribution >= 0.6 is 0 Å². The van der Waals surface area contributed by atoms with Gasteiger partial charge in [-0.15, -0.1) is 0 Å². The van der Waals surface area contributed by atoms with Crippen molar-refractivity contribution in [2.75, 3.05) is 13.1 Å². The maximum atomic E-state index is 13.2. The topological polar surface area (TPSA) is 90.9 Å². The van der Waals surface area contributed by atoms with Crippen LogP contribution in [-0.2, 0) is 17.8 Å². The number of benzene rings is 2. The highest BCUT2D eigenvalue weighted by Gasteiger charge is 2.30. The molecule has 0 radical (unpaired) electrons. The van der Waals surface area contributed by atoms with Gasteiger partial charge in [0, 0.05) is 12.1 Å². The van der Waals surface area contributed by atoms with Crippen LogP contribution in [0.2, 0.25) is 0 Å². The van der Waals surface area contributed by atoms with Crippen LogP contribution in [0.1, 0.15) is 64.0 Å². The van der Waals surface area contributed by atoms with Gasteiger partial charge in [0.25, 0.3) is 0 Å². The number of nitrogens with zero attached hydrogens (tertiary/aromatic N) is 1. The molecular weight excluding hydrogens is 466 g/mol. The van der Waals surface area contributed by atoms with Crippen LogP contribution in [-0.4, -0.2) is 52.9 Å². The summed E-state index contributed by atoms with van der Waals surface area (Å²) in [6.45, 7) is 6.70. The van der Waals surface area contributed by atoms with Crippen LogP contribution in [0.4, 0.5) is 9.59 Å². The highest BCUT2D eigenvalue weighted by atomic mass is 16.5. The van der Waals surface area contributed by atoms with Gasteiger partial charge in [0.1, 0.15) is 6.61 Å². The van der Waals surface area contributed by atoms with E-state index >= 15 is 0 Å². The zero-order chi connectivity index (χ0) is 26.7. The molecule has 0 unspecified atom stereocenters. The van der Waals surface area contributed by atoms with E-state index < -0.39 is 23.8 Å². The molecule has 0 saturated heterocycles. The number of rotatable bonds is 10. The predicted octanol–water partition coefficient (Wildman–Crippen LogP) is 5.28. The van der Waals surface area contributed by atoms with E-state index in [1.165, 1.54) is 19.3 Å². The van der Waals surface area contributed by atoms with Crippen molar-refractivity contribution in [1.82, 2.24) is 15.5 Å². The molecule has 0 aliphatic heterocycles. The largest absolute Gasteiger partial charge is 0.445 e. The average molecular weight is 510 g/mol. The molecule has 37 heavy (non-hydrogen) atoms. The summed E-state index contributed by atoms with van der Waals surface area (Å²) in [4.78, 5) is 27.7. The maximum absolute atomic E-state index is 13.2. The number of hydrogen-bond donors (Lipinski definition) is 3.